The van der Waals surface area contributed by atoms with Gasteiger partial charge in [-0.3, -0.25) is 4.79 Å². The summed E-state index contributed by atoms with van der Waals surface area (Å²) in [5.74, 6) is -0.0524. The topological polar surface area (TPSA) is 54.3 Å². The monoisotopic (exact) mass is 294 g/mol. The van der Waals surface area contributed by atoms with Crippen molar-refractivity contribution < 1.29 is 9.90 Å². The van der Waals surface area contributed by atoms with Crippen LogP contribution in [0.25, 0.3) is 0 Å². The summed E-state index contributed by atoms with van der Waals surface area (Å²) >= 11 is 0. The Bertz CT molecular complexity index is 496. The highest BCUT2D eigenvalue weighted by Crippen LogP contribution is 2.24. The molecule has 0 aliphatic carbocycles. The van der Waals surface area contributed by atoms with Gasteiger partial charge in [0, 0.05) is 30.1 Å². The minimum absolute atomic E-state index is 0.0443. The maximum Gasteiger partial charge on any atom is 0.253 e. The van der Waals surface area contributed by atoms with E-state index in [9.17, 15) is 9.90 Å². The first kappa shape index (κ1) is 17.8. The molecule has 1 amide bonds. The smallest absolute Gasteiger partial charge is 0.253 e. The zero-order valence-electron chi connectivity index (χ0n) is 14.4. The number of rotatable bonds is 5. The fourth-order valence-corrected chi connectivity index (χ4v) is 2.89. The quantitative estimate of drug-likeness (QED) is 0.876. The van der Waals surface area contributed by atoms with E-state index in [2.05, 4.69) is 44.5 Å². The van der Waals surface area contributed by atoms with Crippen LogP contribution < -0.4 is 5.32 Å². The fourth-order valence-electron chi connectivity index (χ4n) is 2.89. The summed E-state index contributed by atoms with van der Waals surface area (Å²) < 4.78 is 2.17. The molecule has 0 aromatic carbocycles. The van der Waals surface area contributed by atoms with Crippen molar-refractivity contribution in [2.24, 2.45) is 5.41 Å². The first-order valence-electron chi connectivity index (χ1n) is 7.69. The maximum atomic E-state index is 12.6. The van der Waals surface area contributed by atoms with Crippen LogP contribution in [-0.4, -0.2) is 28.2 Å². The molecule has 1 unspecified atom stereocenters. The number of aromatic nitrogens is 1. The summed E-state index contributed by atoms with van der Waals surface area (Å²) in [7, 11) is 0. The van der Waals surface area contributed by atoms with Crippen LogP contribution in [0.3, 0.4) is 0 Å². The number of carbonyl (C=O) groups is 1. The van der Waals surface area contributed by atoms with E-state index in [0.717, 1.165) is 17.0 Å². The van der Waals surface area contributed by atoms with E-state index >= 15 is 0 Å². The number of hydrogen-bond donors (Lipinski definition) is 2. The Morgan fingerprint density at radius 3 is 2.29 bits per heavy atom. The number of aryl methyl sites for hydroxylation is 1. The fraction of sp³-hybridized carbons (Fsp3) is 0.706. The van der Waals surface area contributed by atoms with E-state index in [4.69, 9.17) is 0 Å². The van der Waals surface area contributed by atoms with Gasteiger partial charge in [0.15, 0.2) is 0 Å². The van der Waals surface area contributed by atoms with Crippen molar-refractivity contribution in [2.75, 3.05) is 6.61 Å². The summed E-state index contributed by atoms with van der Waals surface area (Å²) in [4.78, 5) is 12.6. The van der Waals surface area contributed by atoms with Gasteiger partial charge in [0.2, 0.25) is 0 Å². The number of amides is 1. The van der Waals surface area contributed by atoms with Crippen molar-refractivity contribution in [2.45, 2.75) is 67.0 Å². The SMILES string of the molecule is Cc1cc(C(=O)NC(CCO)C(C)(C)C)c(C)n1C(C)C. The van der Waals surface area contributed by atoms with Crippen LogP contribution in [0.1, 0.15) is 68.8 Å². The van der Waals surface area contributed by atoms with Gasteiger partial charge in [-0.25, -0.2) is 0 Å². The Balaban J connectivity index is 3.01. The number of nitrogens with zero attached hydrogens (tertiary/aromatic N) is 1. The molecule has 1 rings (SSSR count). The second-order valence-corrected chi connectivity index (χ2v) is 7.15. The van der Waals surface area contributed by atoms with E-state index in [1.807, 2.05) is 19.9 Å². The van der Waals surface area contributed by atoms with E-state index in [1.54, 1.807) is 0 Å². The number of carbonyl (C=O) groups excluding carboxylic acids is 1. The molecule has 0 aliphatic heterocycles. The lowest BCUT2D eigenvalue weighted by molar-refractivity contribution is 0.0884. The molecule has 0 saturated heterocycles. The first-order chi connectivity index (χ1) is 9.59. The van der Waals surface area contributed by atoms with Crippen LogP contribution in [0.4, 0.5) is 0 Å². The summed E-state index contributed by atoms with van der Waals surface area (Å²) in [6.45, 7) is 14.5. The Hall–Kier alpha value is -1.29. The lowest BCUT2D eigenvalue weighted by Crippen LogP contribution is -2.44. The summed E-state index contributed by atoms with van der Waals surface area (Å²) in [5, 5.41) is 12.3. The Kier molecular flexibility index (Phi) is 5.62. The minimum atomic E-state index is -0.0814. The highest BCUT2D eigenvalue weighted by molar-refractivity contribution is 5.96. The van der Waals surface area contributed by atoms with Crippen LogP contribution in [-0.2, 0) is 0 Å². The third kappa shape index (κ3) is 4.10. The van der Waals surface area contributed by atoms with Crippen LogP contribution in [0.15, 0.2) is 6.07 Å². The molecule has 1 aromatic rings. The van der Waals surface area contributed by atoms with Gasteiger partial charge in [-0.15, -0.1) is 0 Å². The van der Waals surface area contributed by atoms with Gasteiger partial charge in [0.05, 0.1) is 5.56 Å². The van der Waals surface area contributed by atoms with Crippen LogP contribution in [0.5, 0.6) is 0 Å². The van der Waals surface area contributed by atoms with Gasteiger partial charge in [-0.1, -0.05) is 20.8 Å². The van der Waals surface area contributed by atoms with E-state index in [0.29, 0.717) is 12.5 Å². The molecule has 0 aliphatic rings. The standard InChI is InChI=1S/C17H30N2O2/c1-11(2)19-12(3)10-14(13(19)4)16(21)18-15(8-9-20)17(5,6)7/h10-11,15,20H,8-9H2,1-7H3,(H,18,21). The molecule has 4 heteroatoms. The second-order valence-electron chi connectivity index (χ2n) is 7.15. The highest BCUT2D eigenvalue weighted by atomic mass is 16.3. The molecule has 0 radical (unpaired) electrons. The van der Waals surface area contributed by atoms with Crippen LogP contribution >= 0.6 is 0 Å². The zero-order valence-corrected chi connectivity index (χ0v) is 14.4. The number of aliphatic hydroxyl groups is 1. The summed E-state index contributed by atoms with van der Waals surface area (Å²) in [6, 6.07) is 2.24. The molecule has 0 fully saturated rings. The number of hydrogen-bond acceptors (Lipinski definition) is 2. The lowest BCUT2D eigenvalue weighted by Gasteiger charge is -2.31. The van der Waals surface area contributed by atoms with Crippen molar-refractivity contribution >= 4 is 5.91 Å². The Labute approximate surface area is 128 Å². The van der Waals surface area contributed by atoms with Gasteiger partial charge in [0.1, 0.15) is 0 Å². The Morgan fingerprint density at radius 1 is 1.33 bits per heavy atom. The predicted octanol–water partition coefficient (Wildman–Crippen LogP) is 3.21. The molecular weight excluding hydrogens is 264 g/mol. The molecule has 120 valence electrons. The second kappa shape index (κ2) is 6.65. The molecule has 2 N–H and O–H groups in total. The highest BCUT2D eigenvalue weighted by Gasteiger charge is 2.27. The van der Waals surface area contributed by atoms with Crippen LogP contribution in [0.2, 0.25) is 0 Å². The molecule has 1 heterocycles. The first-order valence-corrected chi connectivity index (χ1v) is 7.69. The number of aliphatic hydroxyl groups excluding tert-OH is 1. The molecule has 0 saturated carbocycles. The zero-order chi connectivity index (χ0) is 16.4. The van der Waals surface area contributed by atoms with Crippen molar-refractivity contribution in [3.05, 3.63) is 23.0 Å². The average Bonchev–Trinajstić information content (AvgIpc) is 2.62. The molecule has 4 nitrogen and oxygen atoms in total. The lowest BCUT2D eigenvalue weighted by atomic mass is 9.84. The molecule has 1 aromatic heterocycles. The van der Waals surface area contributed by atoms with Crippen molar-refractivity contribution in [3.63, 3.8) is 0 Å². The third-order valence-corrected chi connectivity index (χ3v) is 4.01. The van der Waals surface area contributed by atoms with Gasteiger partial charge in [0.25, 0.3) is 5.91 Å². The van der Waals surface area contributed by atoms with E-state index in [1.165, 1.54) is 0 Å². The summed E-state index contributed by atoms with van der Waals surface area (Å²) in [6.07, 6.45) is 0.568. The molecule has 1 atom stereocenters. The van der Waals surface area contributed by atoms with Gasteiger partial charge in [-0.05, 0) is 45.6 Å². The average molecular weight is 294 g/mol. The molecule has 0 bridgehead atoms. The molecule has 21 heavy (non-hydrogen) atoms. The van der Waals surface area contributed by atoms with Crippen molar-refractivity contribution in [3.8, 4) is 0 Å². The normalized spacial score (nSPS) is 13.6. The van der Waals surface area contributed by atoms with Crippen molar-refractivity contribution in [1.82, 2.24) is 9.88 Å². The minimum Gasteiger partial charge on any atom is -0.396 e. The molecule has 0 spiro atoms. The van der Waals surface area contributed by atoms with Gasteiger partial charge < -0.3 is 15.0 Å². The van der Waals surface area contributed by atoms with E-state index in [-0.39, 0.29) is 24.0 Å². The van der Waals surface area contributed by atoms with Crippen molar-refractivity contribution in [1.29, 1.82) is 0 Å². The van der Waals surface area contributed by atoms with Gasteiger partial charge in [-0.2, -0.15) is 0 Å². The third-order valence-electron chi connectivity index (χ3n) is 4.01. The number of nitrogens with one attached hydrogen (secondary N) is 1. The summed E-state index contributed by atoms with van der Waals surface area (Å²) in [5.41, 5.74) is 2.74. The van der Waals surface area contributed by atoms with Crippen LogP contribution in [0, 0.1) is 19.3 Å². The maximum absolute atomic E-state index is 12.6. The predicted molar refractivity (Wildman–Crippen MR) is 86.7 cm³/mol. The van der Waals surface area contributed by atoms with Gasteiger partial charge >= 0.3 is 0 Å². The van der Waals surface area contributed by atoms with E-state index < -0.39 is 0 Å². The largest absolute Gasteiger partial charge is 0.396 e. The molecular formula is C17H30N2O2. The Morgan fingerprint density at radius 2 is 1.90 bits per heavy atom.